The standard InChI is InChI=1S/C7H14O7/c1-13-7(2-8)5(11)3(9)4(10)6(12)14-7/h3-6,8-12H,2H2,1H3/t3-,4-,5+,6?,7-/m1/s1. The lowest BCUT2D eigenvalue weighted by Gasteiger charge is -2.45. The third kappa shape index (κ3) is 1.63. The fraction of sp³-hybridized carbons (Fsp3) is 1.00. The van der Waals surface area contributed by atoms with Gasteiger partial charge in [0.05, 0.1) is 0 Å². The predicted octanol–water partition coefficient (Wildman–Crippen LogP) is -3.25. The molecule has 0 saturated carbocycles. The van der Waals surface area contributed by atoms with Crippen molar-refractivity contribution in [3.63, 3.8) is 0 Å². The van der Waals surface area contributed by atoms with Gasteiger partial charge in [0.15, 0.2) is 6.29 Å². The number of rotatable bonds is 2. The number of hydrogen-bond acceptors (Lipinski definition) is 7. The maximum Gasteiger partial charge on any atom is 0.223 e. The first-order valence-electron chi connectivity index (χ1n) is 4.04. The smallest absolute Gasteiger partial charge is 0.223 e. The summed E-state index contributed by atoms with van der Waals surface area (Å²) in [5.74, 6) is -1.90. The van der Waals surface area contributed by atoms with Crippen LogP contribution in [0.2, 0.25) is 0 Å². The van der Waals surface area contributed by atoms with Gasteiger partial charge in [-0.25, -0.2) is 0 Å². The third-order valence-electron chi connectivity index (χ3n) is 2.30. The van der Waals surface area contributed by atoms with Crippen LogP contribution in [-0.2, 0) is 9.47 Å². The highest BCUT2D eigenvalue weighted by molar-refractivity contribution is 4.93. The first-order valence-corrected chi connectivity index (χ1v) is 4.04. The molecule has 5 atom stereocenters. The molecule has 0 aromatic carbocycles. The highest BCUT2D eigenvalue weighted by Gasteiger charge is 2.53. The monoisotopic (exact) mass is 210 g/mol. The van der Waals surface area contributed by atoms with E-state index in [1.165, 1.54) is 0 Å². The van der Waals surface area contributed by atoms with Gasteiger partial charge in [-0.2, -0.15) is 0 Å². The Morgan fingerprint density at radius 1 is 1.21 bits per heavy atom. The van der Waals surface area contributed by atoms with Gasteiger partial charge in [-0.1, -0.05) is 0 Å². The van der Waals surface area contributed by atoms with Crippen molar-refractivity contribution in [1.82, 2.24) is 0 Å². The molecule has 1 rings (SSSR count). The van der Waals surface area contributed by atoms with Crippen molar-refractivity contribution in [2.45, 2.75) is 30.4 Å². The van der Waals surface area contributed by atoms with Gasteiger partial charge in [-0.3, -0.25) is 0 Å². The van der Waals surface area contributed by atoms with E-state index in [-0.39, 0.29) is 0 Å². The van der Waals surface area contributed by atoms with Gasteiger partial charge in [-0.05, 0) is 0 Å². The van der Waals surface area contributed by atoms with E-state index in [0.717, 1.165) is 7.11 Å². The normalized spacial score (nSPS) is 49.3. The number of aliphatic hydroxyl groups is 5. The van der Waals surface area contributed by atoms with Crippen LogP contribution < -0.4 is 0 Å². The molecule has 1 aliphatic rings. The second-order valence-electron chi connectivity index (χ2n) is 3.11. The summed E-state index contributed by atoms with van der Waals surface area (Å²) in [6.07, 6.45) is -6.65. The molecule has 1 unspecified atom stereocenters. The van der Waals surface area contributed by atoms with Crippen molar-refractivity contribution in [2.75, 3.05) is 13.7 Å². The van der Waals surface area contributed by atoms with E-state index in [9.17, 15) is 10.2 Å². The van der Waals surface area contributed by atoms with E-state index < -0.39 is 37.0 Å². The Labute approximate surface area is 80.1 Å². The summed E-state index contributed by atoms with van der Waals surface area (Å²) in [5.41, 5.74) is 0. The van der Waals surface area contributed by atoms with Crippen LogP contribution in [0.15, 0.2) is 0 Å². The lowest BCUT2D eigenvalue weighted by molar-refractivity contribution is -0.396. The highest BCUT2D eigenvalue weighted by Crippen LogP contribution is 2.29. The van der Waals surface area contributed by atoms with Crippen LogP contribution in [0.5, 0.6) is 0 Å². The number of aliphatic hydroxyl groups excluding tert-OH is 5. The van der Waals surface area contributed by atoms with E-state index in [1.807, 2.05) is 0 Å². The van der Waals surface area contributed by atoms with Gasteiger partial charge in [0.25, 0.3) is 0 Å². The molecular formula is C7H14O7. The molecule has 7 heteroatoms. The Hall–Kier alpha value is -0.280. The first kappa shape index (κ1) is 11.8. The molecule has 0 spiro atoms. The molecule has 0 bridgehead atoms. The summed E-state index contributed by atoms with van der Waals surface area (Å²) in [6, 6.07) is 0. The SMILES string of the molecule is CO[C@]1(CO)OC(O)[C@H](O)[C@@H](O)[C@@H]1O. The average molecular weight is 210 g/mol. The van der Waals surface area contributed by atoms with Crippen LogP contribution in [0.3, 0.4) is 0 Å². The van der Waals surface area contributed by atoms with E-state index in [4.69, 9.17) is 20.1 Å². The van der Waals surface area contributed by atoms with Crippen molar-refractivity contribution >= 4 is 0 Å². The molecule has 84 valence electrons. The molecule has 0 amide bonds. The molecule has 1 fully saturated rings. The van der Waals surface area contributed by atoms with Crippen molar-refractivity contribution in [2.24, 2.45) is 0 Å². The summed E-state index contributed by atoms with van der Waals surface area (Å²) in [7, 11) is 1.14. The van der Waals surface area contributed by atoms with Crippen molar-refractivity contribution in [3.05, 3.63) is 0 Å². The van der Waals surface area contributed by atoms with Gasteiger partial charge in [0, 0.05) is 7.11 Å². The Morgan fingerprint density at radius 3 is 2.21 bits per heavy atom. The fourth-order valence-corrected chi connectivity index (χ4v) is 1.32. The van der Waals surface area contributed by atoms with Crippen LogP contribution >= 0.6 is 0 Å². The summed E-state index contributed by atoms with van der Waals surface area (Å²) in [6.45, 7) is -0.758. The lowest BCUT2D eigenvalue weighted by atomic mass is 9.96. The van der Waals surface area contributed by atoms with Crippen LogP contribution in [0.1, 0.15) is 0 Å². The molecule has 0 aromatic rings. The minimum atomic E-state index is -1.90. The Morgan fingerprint density at radius 2 is 1.79 bits per heavy atom. The number of methoxy groups -OCH3 is 1. The van der Waals surface area contributed by atoms with E-state index in [0.29, 0.717) is 0 Å². The van der Waals surface area contributed by atoms with E-state index in [2.05, 4.69) is 4.74 Å². The second-order valence-corrected chi connectivity index (χ2v) is 3.11. The average Bonchev–Trinajstić information content (AvgIpc) is 2.21. The number of ether oxygens (including phenoxy) is 2. The topological polar surface area (TPSA) is 120 Å². The number of hydrogen-bond donors (Lipinski definition) is 5. The molecule has 1 aliphatic heterocycles. The molecule has 1 heterocycles. The lowest BCUT2D eigenvalue weighted by Crippen LogP contribution is -2.66. The zero-order chi connectivity index (χ0) is 10.9. The van der Waals surface area contributed by atoms with Gasteiger partial charge in [0.1, 0.15) is 24.9 Å². The molecule has 0 aliphatic carbocycles. The highest BCUT2D eigenvalue weighted by atomic mass is 16.8. The molecule has 1 saturated heterocycles. The molecule has 7 nitrogen and oxygen atoms in total. The first-order chi connectivity index (χ1) is 6.48. The van der Waals surface area contributed by atoms with E-state index >= 15 is 0 Å². The zero-order valence-corrected chi connectivity index (χ0v) is 7.57. The Bertz CT molecular complexity index is 192. The second kappa shape index (κ2) is 4.07. The summed E-state index contributed by atoms with van der Waals surface area (Å²) in [4.78, 5) is 0. The molecule has 0 aromatic heterocycles. The largest absolute Gasteiger partial charge is 0.391 e. The molecule has 0 radical (unpaired) electrons. The quantitative estimate of drug-likeness (QED) is 0.325. The maximum absolute atomic E-state index is 9.45. The van der Waals surface area contributed by atoms with Gasteiger partial charge in [-0.15, -0.1) is 0 Å². The minimum absolute atomic E-state index is 0.758. The van der Waals surface area contributed by atoms with Crippen LogP contribution in [0, 0.1) is 0 Å². The third-order valence-corrected chi connectivity index (χ3v) is 2.30. The molecule has 5 N–H and O–H groups in total. The van der Waals surface area contributed by atoms with E-state index in [1.54, 1.807) is 0 Å². The Balaban J connectivity index is 2.88. The zero-order valence-electron chi connectivity index (χ0n) is 7.57. The van der Waals surface area contributed by atoms with Crippen molar-refractivity contribution < 1.29 is 35.0 Å². The van der Waals surface area contributed by atoms with Gasteiger partial charge < -0.3 is 35.0 Å². The van der Waals surface area contributed by atoms with Crippen LogP contribution in [-0.4, -0.2) is 69.6 Å². The van der Waals surface area contributed by atoms with Gasteiger partial charge in [0.2, 0.25) is 5.79 Å². The molecule has 14 heavy (non-hydrogen) atoms. The summed E-state index contributed by atoms with van der Waals surface area (Å²) < 4.78 is 9.37. The van der Waals surface area contributed by atoms with Crippen LogP contribution in [0.4, 0.5) is 0 Å². The predicted molar refractivity (Wildman–Crippen MR) is 41.9 cm³/mol. The maximum atomic E-state index is 9.45. The van der Waals surface area contributed by atoms with Gasteiger partial charge >= 0.3 is 0 Å². The van der Waals surface area contributed by atoms with Crippen molar-refractivity contribution in [1.29, 1.82) is 0 Å². The Kier molecular flexibility index (Phi) is 3.43. The summed E-state index contributed by atoms with van der Waals surface area (Å²) in [5, 5.41) is 45.9. The minimum Gasteiger partial charge on any atom is -0.391 e. The van der Waals surface area contributed by atoms with Crippen LogP contribution in [0.25, 0.3) is 0 Å². The van der Waals surface area contributed by atoms with Crippen molar-refractivity contribution in [3.8, 4) is 0 Å². The summed E-state index contributed by atoms with van der Waals surface area (Å²) >= 11 is 0. The molecular weight excluding hydrogens is 196 g/mol. The fourth-order valence-electron chi connectivity index (χ4n) is 1.32.